The van der Waals surface area contributed by atoms with Crippen LogP contribution in [0.3, 0.4) is 0 Å². The van der Waals surface area contributed by atoms with Gasteiger partial charge in [0.25, 0.3) is 0 Å². The van der Waals surface area contributed by atoms with E-state index in [9.17, 15) is 18.6 Å². The van der Waals surface area contributed by atoms with Crippen LogP contribution in [0.5, 0.6) is 11.5 Å². The summed E-state index contributed by atoms with van der Waals surface area (Å²) < 4.78 is 39.1. The summed E-state index contributed by atoms with van der Waals surface area (Å²) in [6.45, 7) is 0.0781. The highest BCUT2D eigenvalue weighted by molar-refractivity contribution is 7.91. The van der Waals surface area contributed by atoms with Crippen LogP contribution in [0.2, 0.25) is 0 Å². The number of hydrogen-bond donors (Lipinski definition) is 2. The Labute approximate surface area is 209 Å². The molecule has 7 heteroatoms. The van der Waals surface area contributed by atoms with Gasteiger partial charge in [0.05, 0.1) is 28.4 Å². The van der Waals surface area contributed by atoms with Gasteiger partial charge >= 0.3 is 0 Å². The molecule has 6 rings (SSSR count). The van der Waals surface area contributed by atoms with Crippen LogP contribution in [-0.2, 0) is 15.3 Å². The van der Waals surface area contributed by atoms with E-state index >= 15 is 0 Å². The molecule has 0 saturated heterocycles. The molecular formula is C29H24O6S. The minimum atomic E-state index is -3.75. The number of sulfone groups is 1. The molecule has 1 aliphatic heterocycles. The molecule has 0 bridgehead atoms. The zero-order chi connectivity index (χ0) is 24.9. The normalized spacial score (nSPS) is 15.5. The van der Waals surface area contributed by atoms with Crippen molar-refractivity contribution in [2.45, 2.75) is 15.2 Å². The van der Waals surface area contributed by atoms with E-state index in [1.807, 2.05) is 60.7 Å². The van der Waals surface area contributed by atoms with Gasteiger partial charge in [-0.1, -0.05) is 48.5 Å². The molecule has 0 unspecified atom stereocenters. The van der Waals surface area contributed by atoms with E-state index in [4.69, 9.17) is 9.47 Å². The average molecular weight is 501 g/mol. The molecule has 0 aromatic heterocycles. The molecule has 6 nitrogen and oxygen atoms in total. The fourth-order valence-corrected chi connectivity index (χ4v) is 7.43. The molecule has 0 amide bonds. The molecule has 1 spiro atoms. The monoisotopic (exact) mass is 500 g/mol. The molecule has 4 aromatic carbocycles. The Bertz CT molecular complexity index is 1480. The van der Waals surface area contributed by atoms with E-state index in [1.165, 1.54) is 0 Å². The summed E-state index contributed by atoms with van der Waals surface area (Å²) in [5.41, 5.74) is 4.16. The second-order valence-electron chi connectivity index (χ2n) is 8.80. The minimum Gasteiger partial charge on any atom is -0.491 e. The molecule has 1 heterocycles. The molecule has 36 heavy (non-hydrogen) atoms. The van der Waals surface area contributed by atoms with Gasteiger partial charge in [0.15, 0.2) is 0 Å². The predicted molar refractivity (Wildman–Crippen MR) is 134 cm³/mol. The van der Waals surface area contributed by atoms with Gasteiger partial charge in [-0.2, -0.15) is 0 Å². The number of rotatable bonds is 6. The van der Waals surface area contributed by atoms with Gasteiger partial charge in [0.1, 0.15) is 24.7 Å². The van der Waals surface area contributed by atoms with E-state index in [0.29, 0.717) is 22.6 Å². The molecule has 2 N–H and O–H groups in total. The first-order valence-electron chi connectivity index (χ1n) is 11.7. The molecule has 2 aliphatic rings. The number of benzene rings is 4. The van der Waals surface area contributed by atoms with Crippen LogP contribution >= 0.6 is 0 Å². The Balaban J connectivity index is 1.75. The van der Waals surface area contributed by atoms with Gasteiger partial charge in [-0.25, -0.2) is 8.42 Å². The molecule has 1 aliphatic carbocycles. The van der Waals surface area contributed by atoms with E-state index in [1.54, 1.807) is 24.3 Å². The lowest BCUT2D eigenvalue weighted by Crippen LogP contribution is -2.36. The Kier molecular flexibility index (Phi) is 5.37. The lowest BCUT2D eigenvalue weighted by Gasteiger charge is -2.39. The van der Waals surface area contributed by atoms with Crippen molar-refractivity contribution < 1.29 is 28.1 Å². The summed E-state index contributed by atoms with van der Waals surface area (Å²) in [6.07, 6.45) is 0. The molecule has 0 fully saturated rings. The average Bonchev–Trinajstić information content (AvgIpc) is 3.19. The Morgan fingerprint density at radius 1 is 0.611 bits per heavy atom. The Morgan fingerprint density at radius 3 is 1.50 bits per heavy atom. The largest absolute Gasteiger partial charge is 0.491 e. The van der Waals surface area contributed by atoms with Gasteiger partial charge in [0, 0.05) is 0 Å². The van der Waals surface area contributed by atoms with Crippen molar-refractivity contribution in [1.82, 2.24) is 0 Å². The van der Waals surface area contributed by atoms with Gasteiger partial charge in [-0.3, -0.25) is 0 Å². The van der Waals surface area contributed by atoms with E-state index in [0.717, 1.165) is 22.3 Å². The van der Waals surface area contributed by atoms with E-state index in [-0.39, 0.29) is 36.2 Å². The number of ether oxygens (including phenoxy) is 2. The van der Waals surface area contributed by atoms with Crippen molar-refractivity contribution in [3.8, 4) is 22.6 Å². The maximum Gasteiger partial charge on any atom is 0.207 e. The minimum absolute atomic E-state index is 0.113. The Morgan fingerprint density at radius 2 is 1.06 bits per heavy atom. The summed E-state index contributed by atoms with van der Waals surface area (Å²) in [5.74, 6) is 1.19. The lowest BCUT2D eigenvalue weighted by atomic mass is 9.67. The number of fused-ring (bicyclic) bond motifs is 9. The highest BCUT2D eigenvalue weighted by Crippen LogP contribution is 2.61. The van der Waals surface area contributed by atoms with Crippen LogP contribution in [0.4, 0.5) is 0 Å². The first-order valence-corrected chi connectivity index (χ1v) is 13.2. The standard InChI is InChI=1S/C29H24O6S/c30-13-15-34-19-9-11-21-22-12-10-20(35-16-14-31)18-26(22)29(25(21)17-19)23-5-1-3-7-27(23)36(32,33)28-8-4-2-6-24(28)29/h1-12,17-18,30-31H,13-16H2. The van der Waals surface area contributed by atoms with Crippen molar-refractivity contribution in [2.75, 3.05) is 26.4 Å². The summed E-state index contributed by atoms with van der Waals surface area (Å²) in [7, 11) is -3.75. The number of aliphatic hydroxyl groups excluding tert-OH is 2. The fraction of sp³-hybridized carbons (Fsp3) is 0.172. The van der Waals surface area contributed by atoms with Crippen LogP contribution < -0.4 is 9.47 Å². The lowest BCUT2D eigenvalue weighted by molar-refractivity contribution is 0.201. The molecule has 4 aromatic rings. The van der Waals surface area contributed by atoms with E-state index in [2.05, 4.69) is 0 Å². The van der Waals surface area contributed by atoms with Gasteiger partial charge in [-0.15, -0.1) is 0 Å². The number of aliphatic hydroxyl groups is 2. The van der Waals surface area contributed by atoms with Crippen LogP contribution in [0.15, 0.2) is 94.7 Å². The summed E-state index contributed by atoms with van der Waals surface area (Å²) in [5, 5.41) is 18.6. The fourth-order valence-electron chi connectivity index (χ4n) is 5.65. The van der Waals surface area contributed by atoms with Crippen molar-refractivity contribution in [2.24, 2.45) is 0 Å². The maximum absolute atomic E-state index is 13.8. The molecule has 0 saturated carbocycles. The van der Waals surface area contributed by atoms with Gasteiger partial charge in [-0.05, 0) is 69.8 Å². The summed E-state index contributed by atoms with van der Waals surface area (Å²) >= 11 is 0. The van der Waals surface area contributed by atoms with Gasteiger partial charge < -0.3 is 19.7 Å². The summed E-state index contributed by atoms with van der Waals surface area (Å²) in [6, 6.07) is 25.9. The van der Waals surface area contributed by atoms with Crippen molar-refractivity contribution >= 4 is 9.84 Å². The van der Waals surface area contributed by atoms with Crippen molar-refractivity contribution in [3.63, 3.8) is 0 Å². The predicted octanol–water partition coefficient (Wildman–Crippen LogP) is 3.94. The highest BCUT2D eigenvalue weighted by atomic mass is 32.2. The highest BCUT2D eigenvalue weighted by Gasteiger charge is 2.53. The smallest absolute Gasteiger partial charge is 0.207 e. The van der Waals surface area contributed by atoms with Crippen LogP contribution in [0, 0.1) is 0 Å². The molecule has 0 atom stereocenters. The molecule has 182 valence electrons. The first-order chi connectivity index (χ1) is 17.5. The third-order valence-corrected chi connectivity index (χ3v) is 8.83. The van der Waals surface area contributed by atoms with E-state index < -0.39 is 15.3 Å². The topological polar surface area (TPSA) is 93.1 Å². The van der Waals surface area contributed by atoms with Gasteiger partial charge in [0.2, 0.25) is 9.84 Å². The van der Waals surface area contributed by atoms with Crippen molar-refractivity contribution in [1.29, 1.82) is 0 Å². The zero-order valence-electron chi connectivity index (χ0n) is 19.3. The van der Waals surface area contributed by atoms with Crippen LogP contribution in [-0.4, -0.2) is 45.1 Å². The third-order valence-electron chi connectivity index (χ3n) is 6.96. The van der Waals surface area contributed by atoms with Crippen LogP contribution in [0.1, 0.15) is 22.3 Å². The quantitative estimate of drug-likeness (QED) is 0.360. The molecular weight excluding hydrogens is 476 g/mol. The SMILES string of the molecule is O=S1(=O)c2ccccc2C2(c3cc(OCCO)ccc3-c3ccc(OCCO)cc32)c2ccccc21. The molecule has 0 radical (unpaired) electrons. The first kappa shape index (κ1) is 22.8. The second-order valence-corrected chi connectivity index (χ2v) is 10.7. The maximum atomic E-state index is 13.8. The third kappa shape index (κ3) is 3.07. The zero-order valence-corrected chi connectivity index (χ0v) is 20.2. The Hall–Kier alpha value is -3.65. The number of hydrogen-bond acceptors (Lipinski definition) is 6. The second kappa shape index (κ2) is 8.48. The van der Waals surface area contributed by atoms with Crippen LogP contribution in [0.25, 0.3) is 11.1 Å². The summed E-state index contributed by atoms with van der Waals surface area (Å²) in [4.78, 5) is 0.539. The van der Waals surface area contributed by atoms with Crippen molar-refractivity contribution in [3.05, 3.63) is 107 Å².